The minimum atomic E-state index is -0.711. The van der Waals surface area contributed by atoms with Crippen molar-refractivity contribution in [3.8, 4) is 0 Å². The summed E-state index contributed by atoms with van der Waals surface area (Å²) in [5, 5.41) is 18.5. The van der Waals surface area contributed by atoms with Gasteiger partial charge >= 0.3 is 5.97 Å². The highest BCUT2D eigenvalue weighted by molar-refractivity contribution is 5.73. The number of carboxylic acid groups (broad SMARTS) is 1. The topological polar surface area (TPSA) is 76.0 Å². The third-order valence-corrected chi connectivity index (χ3v) is 7.04. The Morgan fingerprint density at radius 1 is 0.839 bits per heavy atom. The summed E-state index contributed by atoms with van der Waals surface area (Å²) in [4.78, 5) is 11.2. The zero-order chi connectivity index (χ0) is 22.9. The van der Waals surface area contributed by atoms with Crippen molar-refractivity contribution in [1.29, 1.82) is 0 Å². The molecule has 0 aromatic carbocycles. The van der Waals surface area contributed by atoms with E-state index in [9.17, 15) is 15.0 Å². The molecule has 0 amide bonds. The lowest BCUT2D eigenvalue weighted by Crippen LogP contribution is -2.23. The summed E-state index contributed by atoms with van der Waals surface area (Å²) >= 11 is 0. The van der Waals surface area contributed by atoms with Crippen molar-refractivity contribution in [2.24, 2.45) is 10.8 Å². The second-order valence-electron chi connectivity index (χ2n) is 11.1. The molecule has 5 nitrogen and oxygen atoms in total. The zero-order valence-corrected chi connectivity index (χ0v) is 20.3. The molecule has 2 heterocycles. The molecule has 4 atom stereocenters. The first-order valence-corrected chi connectivity index (χ1v) is 12.4. The van der Waals surface area contributed by atoms with Gasteiger partial charge in [0.2, 0.25) is 0 Å². The number of carbonyl (C=O) groups is 1. The maximum Gasteiger partial charge on any atom is 0.309 e. The van der Waals surface area contributed by atoms with Crippen LogP contribution in [0.3, 0.4) is 0 Å². The first-order chi connectivity index (χ1) is 14.6. The Morgan fingerprint density at radius 2 is 1.32 bits per heavy atom. The maximum absolute atomic E-state index is 11.2. The predicted octanol–water partition coefficient (Wildman–Crippen LogP) is 5.89. The fourth-order valence-corrected chi connectivity index (χ4v) is 4.52. The second kappa shape index (κ2) is 12.4. The van der Waals surface area contributed by atoms with Crippen LogP contribution in [-0.4, -0.2) is 47.2 Å². The molecule has 4 unspecified atom stereocenters. The van der Waals surface area contributed by atoms with E-state index in [0.29, 0.717) is 12.2 Å². The van der Waals surface area contributed by atoms with E-state index in [1.165, 1.54) is 6.42 Å². The normalized spacial score (nSPS) is 27.4. The molecular weight excluding hydrogens is 392 g/mol. The fourth-order valence-electron chi connectivity index (χ4n) is 4.52. The molecule has 5 heteroatoms. The van der Waals surface area contributed by atoms with Crippen molar-refractivity contribution in [3.63, 3.8) is 0 Å². The van der Waals surface area contributed by atoms with Crippen LogP contribution >= 0.6 is 0 Å². The van der Waals surface area contributed by atoms with Crippen LogP contribution in [0.2, 0.25) is 0 Å². The number of hydrogen-bond donors (Lipinski definition) is 2. The van der Waals surface area contributed by atoms with E-state index in [0.717, 1.165) is 70.6 Å². The lowest BCUT2D eigenvalue weighted by Gasteiger charge is -2.21. The van der Waals surface area contributed by atoms with Gasteiger partial charge in [-0.3, -0.25) is 4.79 Å². The van der Waals surface area contributed by atoms with Crippen LogP contribution in [0.1, 0.15) is 105 Å². The Balaban J connectivity index is 1.56. The van der Waals surface area contributed by atoms with Gasteiger partial charge in [-0.2, -0.15) is 0 Å². The summed E-state index contributed by atoms with van der Waals surface area (Å²) in [7, 11) is 0. The molecule has 2 aliphatic rings. The van der Waals surface area contributed by atoms with E-state index >= 15 is 0 Å². The number of unbranched alkanes of at least 4 members (excludes halogenated alkanes) is 2. The molecule has 0 radical (unpaired) electrons. The molecule has 2 fully saturated rings. The highest BCUT2D eigenvalue weighted by atomic mass is 16.5. The summed E-state index contributed by atoms with van der Waals surface area (Å²) in [6, 6.07) is 0. The van der Waals surface area contributed by atoms with E-state index in [2.05, 4.69) is 26.0 Å². The van der Waals surface area contributed by atoms with Gasteiger partial charge in [-0.25, -0.2) is 0 Å². The highest BCUT2D eigenvalue weighted by Gasteiger charge is 2.28. The molecule has 31 heavy (non-hydrogen) atoms. The number of aliphatic hydroxyl groups excluding tert-OH is 1. The summed E-state index contributed by atoms with van der Waals surface area (Å²) in [5.41, 5.74) is -0.590. The molecule has 0 bridgehead atoms. The van der Waals surface area contributed by atoms with Gasteiger partial charge in [0, 0.05) is 6.61 Å². The van der Waals surface area contributed by atoms with Crippen LogP contribution in [0.5, 0.6) is 0 Å². The Morgan fingerprint density at radius 3 is 1.77 bits per heavy atom. The number of aliphatic hydroxyl groups is 1. The van der Waals surface area contributed by atoms with Crippen molar-refractivity contribution < 1.29 is 24.5 Å². The van der Waals surface area contributed by atoms with Crippen molar-refractivity contribution in [2.75, 3.05) is 6.61 Å². The average molecular weight is 439 g/mol. The van der Waals surface area contributed by atoms with E-state index in [1.54, 1.807) is 13.8 Å². The second-order valence-corrected chi connectivity index (χ2v) is 11.1. The van der Waals surface area contributed by atoms with E-state index in [4.69, 9.17) is 9.47 Å². The number of hydrogen-bond acceptors (Lipinski definition) is 4. The molecule has 0 spiro atoms. The largest absolute Gasteiger partial charge is 0.481 e. The Labute approximate surface area is 189 Å². The first-order valence-electron chi connectivity index (χ1n) is 12.4. The smallest absolute Gasteiger partial charge is 0.309 e. The molecular formula is C26H46O5. The molecule has 0 aliphatic carbocycles. The quantitative estimate of drug-likeness (QED) is 0.261. The molecule has 0 saturated carbocycles. The monoisotopic (exact) mass is 438 g/mol. The van der Waals surface area contributed by atoms with Gasteiger partial charge in [-0.1, -0.05) is 51.7 Å². The Kier molecular flexibility index (Phi) is 10.5. The van der Waals surface area contributed by atoms with Crippen LogP contribution < -0.4 is 0 Å². The minimum absolute atomic E-state index is 0.0377. The number of aliphatic carboxylic acids is 1. The van der Waals surface area contributed by atoms with Crippen molar-refractivity contribution in [1.82, 2.24) is 0 Å². The fraction of sp³-hybridized carbons (Fsp3) is 0.885. The van der Waals surface area contributed by atoms with Crippen LogP contribution in [0.25, 0.3) is 0 Å². The molecule has 2 rings (SSSR count). The van der Waals surface area contributed by atoms with Gasteiger partial charge in [0.15, 0.2) is 0 Å². The van der Waals surface area contributed by atoms with E-state index in [-0.39, 0.29) is 24.2 Å². The zero-order valence-electron chi connectivity index (χ0n) is 20.3. The Hall–Kier alpha value is -0.910. The predicted molar refractivity (Wildman–Crippen MR) is 124 cm³/mol. The summed E-state index contributed by atoms with van der Waals surface area (Å²) < 4.78 is 12.4. The summed E-state index contributed by atoms with van der Waals surface area (Å²) in [6.45, 7) is 8.10. The third kappa shape index (κ3) is 9.63. The standard InChI is InChI=1S/C26H46O5/c1-25(2,19-27)17-7-5-9-20-11-13-22(30-20)15-16-23-14-12-21(31-23)10-6-8-18-26(3,4)24(28)29/h15-16,20-23,27H,5-14,17-19H2,1-4H3,(H,28,29). The number of carboxylic acids is 1. The lowest BCUT2D eigenvalue weighted by atomic mass is 9.87. The summed E-state index contributed by atoms with van der Waals surface area (Å²) in [6.07, 6.45) is 18.1. The SMILES string of the molecule is CC(C)(CO)CCCCC1CCC(C=CC2CCC(CCCCC(C)(C)C(=O)O)O2)O1. The molecule has 2 N–H and O–H groups in total. The van der Waals surface area contributed by atoms with Crippen molar-refractivity contribution in [2.45, 2.75) is 129 Å². The number of rotatable bonds is 14. The van der Waals surface area contributed by atoms with Crippen LogP contribution in [0.15, 0.2) is 12.2 Å². The van der Waals surface area contributed by atoms with Gasteiger partial charge in [-0.15, -0.1) is 0 Å². The molecule has 2 aliphatic heterocycles. The third-order valence-electron chi connectivity index (χ3n) is 7.04. The minimum Gasteiger partial charge on any atom is -0.481 e. The highest BCUT2D eigenvalue weighted by Crippen LogP contribution is 2.30. The number of ether oxygens (including phenoxy) is 2. The average Bonchev–Trinajstić information content (AvgIpc) is 3.36. The van der Waals surface area contributed by atoms with Crippen LogP contribution in [0, 0.1) is 10.8 Å². The van der Waals surface area contributed by atoms with Gasteiger partial charge < -0.3 is 19.7 Å². The van der Waals surface area contributed by atoms with Crippen molar-refractivity contribution in [3.05, 3.63) is 12.2 Å². The Bertz CT molecular complexity index is 568. The molecule has 0 aromatic heterocycles. The maximum atomic E-state index is 11.2. The molecule has 0 aromatic rings. The first kappa shape index (κ1) is 26.3. The van der Waals surface area contributed by atoms with Gasteiger partial charge in [0.25, 0.3) is 0 Å². The summed E-state index contributed by atoms with van der Waals surface area (Å²) in [5.74, 6) is -0.711. The lowest BCUT2D eigenvalue weighted by molar-refractivity contribution is -0.147. The van der Waals surface area contributed by atoms with Gasteiger partial charge in [0.1, 0.15) is 0 Å². The van der Waals surface area contributed by atoms with Crippen LogP contribution in [-0.2, 0) is 14.3 Å². The van der Waals surface area contributed by atoms with Crippen LogP contribution in [0.4, 0.5) is 0 Å². The molecule has 180 valence electrons. The van der Waals surface area contributed by atoms with Gasteiger partial charge in [-0.05, 0) is 70.6 Å². The van der Waals surface area contributed by atoms with E-state index in [1.807, 2.05) is 0 Å². The molecule has 2 saturated heterocycles. The van der Waals surface area contributed by atoms with Crippen molar-refractivity contribution >= 4 is 5.97 Å². The van der Waals surface area contributed by atoms with E-state index < -0.39 is 11.4 Å². The van der Waals surface area contributed by atoms with Gasteiger partial charge in [0.05, 0.1) is 29.8 Å².